The van der Waals surface area contributed by atoms with E-state index in [9.17, 15) is 9.59 Å². The fourth-order valence-electron chi connectivity index (χ4n) is 2.89. The fraction of sp³-hybridized carbons (Fsp3) is 0.263. The SMILES string of the molecule is CNC(=O)c1cccc(N[C@H]2CCN(c3ccc(C)cc3)C2=O)c1. The van der Waals surface area contributed by atoms with Gasteiger partial charge in [-0.15, -0.1) is 0 Å². The topological polar surface area (TPSA) is 61.4 Å². The van der Waals surface area contributed by atoms with Crippen molar-refractivity contribution >= 4 is 23.2 Å². The van der Waals surface area contributed by atoms with Crippen LogP contribution < -0.4 is 15.5 Å². The largest absolute Gasteiger partial charge is 0.374 e. The average Bonchev–Trinajstić information content (AvgIpc) is 2.96. The minimum Gasteiger partial charge on any atom is -0.374 e. The predicted molar refractivity (Wildman–Crippen MR) is 95.4 cm³/mol. The zero-order valence-electron chi connectivity index (χ0n) is 13.9. The molecular weight excluding hydrogens is 302 g/mol. The molecule has 3 rings (SSSR count). The highest BCUT2D eigenvalue weighted by molar-refractivity contribution is 6.01. The lowest BCUT2D eigenvalue weighted by atomic mass is 10.1. The molecule has 5 heteroatoms. The van der Waals surface area contributed by atoms with E-state index in [1.165, 1.54) is 5.56 Å². The van der Waals surface area contributed by atoms with Crippen molar-refractivity contribution in [2.24, 2.45) is 0 Å². The normalized spacial score (nSPS) is 17.0. The van der Waals surface area contributed by atoms with Crippen LogP contribution in [-0.2, 0) is 4.79 Å². The van der Waals surface area contributed by atoms with Crippen molar-refractivity contribution < 1.29 is 9.59 Å². The summed E-state index contributed by atoms with van der Waals surface area (Å²) in [6, 6.07) is 14.9. The quantitative estimate of drug-likeness (QED) is 0.909. The van der Waals surface area contributed by atoms with Gasteiger partial charge in [-0.05, 0) is 43.7 Å². The van der Waals surface area contributed by atoms with Gasteiger partial charge >= 0.3 is 0 Å². The van der Waals surface area contributed by atoms with Crippen LogP contribution in [0.2, 0.25) is 0 Å². The molecule has 1 fully saturated rings. The molecular formula is C19H21N3O2. The fourth-order valence-corrected chi connectivity index (χ4v) is 2.89. The van der Waals surface area contributed by atoms with E-state index in [2.05, 4.69) is 10.6 Å². The van der Waals surface area contributed by atoms with Gasteiger partial charge in [-0.3, -0.25) is 9.59 Å². The third-order valence-corrected chi connectivity index (χ3v) is 4.24. The third kappa shape index (κ3) is 3.25. The third-order valence-electron chi connectivity index (χ3n) is 4.24. The summed E-state index contributed by atoms with van der Waals surface area (Å²) in [6.07, 6.45) is 0.733. The van der Waals surface area contributed by atoms with Crippen LogP contribution in [0.5, 0.6) is 0 Å². The highest BCUT2D eigenvalue weighted by Gasteiger charge is 2.32. The second-order valence-electron chi connectivity index (χ2n) is 5.97. The van der Waals surface area contributed by atoms with E-state index < -0.39 is 0 Å². The Morgan fingerprint density at radius 3 is 2.62 bits per heavy atom. The highest BCUT2D eigenvalue weighted by atomic mass is 16.2. The molecule has 1 aliphatic rings. The van der Waals surface area contributed by atoms with Gasteiger partial charge in [0.1, 0.15) is 6.04 Å². The summed E-state index contributed by atoms with van der Waals surface area (Å²) in [5, 5.41) is 5.85. The Bertz CT molecular complexity index is 755. The number of anilines is 2. The summed E-state index contributed by atoms with van der Waals surface area (Å²) in [7, 11) is 1.60. The smallest absolute Gasteiger partial charge is 0.251 e. The molecule has 1 saturated heterocycles. The zero-order valence-corrected chi connectivity index (χ0v) is 13.9. The molecule has 5 nitrogen and oxygen atoms in total. The first kappa shape index (κ1) is 16.1. The maximum Gasteiger partial charge on any atom is 0.251 e. The first-order valence-electron chi connectivity index (χ1n) is 8.05. The highest BCUT2D eigenvalue weighted by Crippen LogP contribution is 2.24. The molecule has 1 atom stereocenters. The van der Waals surface area contributed by atoms with Crippen molar-refractivity contribution in [3.05, 3.63) is 59.7 Å². The second kappa shape index (κ2) is 6.74. The van der Waals surface area contributed by atoms with Crippen LogP contribution in [0.1, 0.15) is 22.3 Å². The molecule has 0 aromatic heterocycles. The van der Waals surface area contributed by atoms with Crippen molar-refractivity contribution in [2.45, 2.75) is 19.4 Å². The van der Waals surface area contributed by atoms with Crippen LogP contribution in [0, 0.1) is 6.92 Å². The van der Waals surface area contributed by atoms with Gasteiger partial charge in [-0.1, -0.05) is 23.8 Å². The number of amides is 2. The number of benzene rings is 2. The molecule has 0 aliphatic carbocycles. The predicted octanol–water partition coefficient (Wildman–Crippen LogP) is 2.57. The van der Waals surface area contributed by atoms with E-state index in [0.717, 1.165) is 17.8 Å². The molecule has 0 bridgehead atoms. The lowest BCUT2D eigenvalue weighted by molar-refractivity contribution is -0.117. The number of hydrogen-bond donors (Lipinski definition) is 2. The van der Waals surface area contributed by atoms with Crippen LogP contribution in [0.15, 0.2) is 48.5 Å². The van der Waals surface area contributed by atoms with Crippen LogP contribution in [0.3, 0.4) is 0 Å². The van der Waals surface area contributed by atoms with Gasteiger partial charge in [0.15, 0.2) is 0 Å². The molecule has 24 heavy (non-hydrogen) atoms. The summed E-state index contributed by atoms with van der Waals surface area (Å²) in [6.45, 7) is 2.72. The summed E-state index contributed by atoms with van der Waals surface area (Å²) < 4.78 is 0. The molecule has 124 valence electrons. The summed E-state index contributed by atoms with van der Waals surface area (Å²) >= 11 is 0. The molecule has 0 saturated carbocycles. The van der Waals surface area contributed by atoms with E-state index in [1.807, 2.05) is 43.3 Å². The number of hydrogen-bond acceptors (Lipinski definition) is 3. The van der Waals surface area contributed by atoms with E-state index in [-0.39, 0.29) is 17.9 Å². The number of nitrogens with zero attached hydrogens (tertiary/aromatic N) is 1. The molecule has 2 aromatic carbocycles. The van der Waals surface area contributed by atoms with Crippen molar-refractivity contribution in [1.82, 2.24) is 5.32 Å². The molecule has 0 unspecified atom stereocenters. The molecule has 2 N–H and O–H groups in total. The first-order valence-corrected chi connectivity index (χ1v) is 8.05. The van der Waals surface area contributed by atoms with E-state index in [1.54, 1.807) is 24.1 Å². The summed E-state index contributed by atoms with van der Waals surface area (Å²) in [4.78, 5) is 26.2. The van der Waals surface area contributed by atoms with Crippen molar-refractivity contribution in [1.29, 1.82) is 0 Å². The number of carbonyl (C=O) groups excluding carboxylic acids is 2. The van der Waals surface area contributed by atoms with Crippen LogP contribution in [-0.4, -0.2) is 31.4 Å². The van der Waals surface area contributed by atoms with Crippen molar-refractivity contribution in [3.8, 4) is 0 Å². The maximum absolute atomic E-state index is 12.7. The second-order valence-corrected chi connectivity index (χ2v) is 5.97. The first-order chi connectivity index (χ1) is 11.6. The molecule has 1 aliphatic heterocycles. The van der Waals surface area contributed by atoms with E-state index in [0.29, 0.717) is 12.1 Å². The van der Waals surface area contributed by atoms with Gasteiger partial charge < -0.3 is 15.5 Å². The number of aryl methyl sites for hydroxylation is 1. The van der Waals surface area contributed by atoms with Gasteiger partial charge in [0.05, 0.1) is 0 Å². The van der Waals surface area contributed by atoms with Crippen molar-refractivity contribution in [2.75, 3.05) is 23.8 Å². The van der Waals surface area contributed by atoms with Gasteiger partial charge in [-0.25, -0.2) is 0 Å². The lowest BCUT2D eigenvalue weighted by Gasteiger charge is -2.18. The van der Waals surface area contributed by atoms with Gasteiger partial charge in [0, 0.05) is 30.5 Å². The molecule has 2 amide bonds. The summed E-state index contributed by atoms with van der Waals surface area (Å²) in [5.74, 6) is -0.0816. The Morgan fingerprint density at radius 1 is 1.17 bits per heavy atom. The molecule has 0 spiro atoms. The Balaban J connectivity index is 1.72. The molecule has 0 radical (unpaired) electrons. The molecule has 2 aromatic rings. The zero-order chi connectivity index (χ0) is 17.1. The minimum absolute atomic E-state index is 0.0594. The number of nitrogens with one attached hydrogen (secondary N) is 2. The van der Waals surface area contributed by atoms with Gasteiger partial charge in [0.25, 0.3) is 5.91 Å². The monoisotopic (exact) mass is 323 g/mol. The Kier molecular flexibility index (Phi) is 4.51. The molecule has 1 heterocycles. The van der Waals surface area contributed by atoms with E-state index in [4.69, 9.17) is 0 Å². The minimum atomic E-state index is -0.272. The Hall–Kier alpha value is -2.82. The van der Waals surface area contributed by atoms with Gasteiger partial charge in [-0.2, -0.15) is 0 Å². The van der Waals surface area contributed by atoms with Crippen LogP contribution in [0.4, 0.5) is 11.4 Å². The Labute approximate surface area is 141 Å². The lowest BCUT2D eigenvalue weighted by Crippen LogP contribution is -2.33. The van der Waals surface area contributed by atoms with Crippen LogP contribution in [0.25, 0.3) is 0 Å². The summed E-state index contributed by atoms with van der Waals surface area (Å²) in [5.41, 5.74) is 3.45. The van der Waals surface area contributed by atoms with Gasteiger partial charge in [0.2, 0.25) is 5.91 Å². The average molecular weight is 323 g/mol. The standard InChI is InChI=1S/C19H21N3O2/c1-13-6-8-16(9-7-13)22-11-10-17(19(22)24)21-15-5-3-4-14(12-15)18(23)20-2/h3-9,12,17,21H,10-11H2,1-2H3,(H,20,23)/t17-/m0/s1. The van der Waals surface area contributed by atoms with E-state index >= 15 is 0 Å². The Morgan fingerprint density at radius 2 is 1.92 bits per heavy atom. The van der Waals surface area contributed by atoms with Crippen LogP contribution >= 0.6 is 0 Å². The number of rotatable bonds is 4. The van der Waals surface area contributed by atoms with Crippen molar-refractivity contribution in [3.63, 3.8) is 0 Å². The maximum atomic E-state index is 12.7. The number of carbonyl (C=O) groups is 2.